The molecule has 0 aliphatic carbocycles. The van der Waals surface area contributed by atoms with Gasteiger partial charge in [-0.15, -0.1) is 0 Å². The van der Waals surface area contributed by atoms with Crippen LogP contribution in [0.25, 0.3) is 11.0 Å². The zero-order valence-electron chi connectivity index (χ0n) is 16.7. The number of rotatable bonds is 4. The van der Waals surface area contributed by atoms with E-state index in [4.69, 9.17) is 0 Å². The summed E-state index contributed by atoms with van der Waals surface area (Å²) in [6, 6.07) is 4.19. The molecule has 2 unspecified atom stereocenters. The van der Waals surface area contributed by atoms with Crippen molar-refractivity contribution in [2.45, 2.75) is 52.7 Å². The highest BCUT2D eigenvalue weighted by Crippen LogP contribution is 2.23. The first-order valence-corrected chi connectivity index (χ1v) is 9.56. The van der Waals surface area contributed by atoms with Crippen molar-refractivity contribution in [2.75, 3.05) is 11.9 Å². The van der Waals surface area contributed by atoms with Crippen LogP contribution in [0.2, 0.25) is 0 Å². The Bertz CT molecular complexity index is 1030. The SMILES string of the molecule is Cc1ncc(C)c(NC2CC(C)N(C(=O)Cn3nc(C)c4cccnc43)C2)n1. The standard InChI is InChI=1S/C20H25N7O/c1-12-9-22-15(4)23-19(12)24-16-8-13(2)26(10-16)18(28)11-27-20-17(14(3)25-27)6-5-7-21-20/h5-7,9,13,16H,8,10-11H2,1-4H3,(H,22,23,24). The van der Waals surface area contributed by atoms with Gasteiger partial charge < -0.3 is 10.2 Å². The van der Waals surface area contributed by atoms with Crippen LogP contribution in [-0.2, 0) is 11.3 Å². The van der Waals surface area contributed by atoms with Gasteiger partial charge in [-0.1, -0.05) is 0 Å². The molecule has 2 atom stereocenters. The van der Waals surface area contributed by atoms with Crippen molar-refractivity contribution in [1.29, 1.82) is 0 Å². The van der Waals surface area contributed by atoms with Crippen molar-refractivity contribution < 1.29 is 4.79 Å². The van der Waals surface area contributed by atoms with E-state index in [0.717, 1.165) is 40.4 Å². The summed E-state index contributed by atoms with van der Waals surface area (Å²) in [5.74, 6) is 1.64. The number of aryl methyl sites for hydroxylation is 3. The number of aromatic nitrogens is 5. The van der Waals surface area contributed by atoms with Crippen molar-refractivity contribution in [3.05, 3.63) is 41.6 Å². The molecular weight excluding hydrogens is 354 g/mol. The number of amides is 1. The van der Waals surface area contributed by atoms with Crippen LogP contribution in [-0.4, -0.2) is 54.2 Å². The molecule has 146 valence electrons. The van der Waals surface area contributed by atoms with Crippen molar-refractivity contribution in [2.24, 2.45) is 0 Å². The Kier molecular flexibility index (Phi) is 4.70. The van der Waals surface area contributed by atoms with Crippen LogP contribution in [0.3, 0.4) is 0 Å². The first-order valence-electron chi connectivity index (χ1n) is 9.56. The molecule has 0 saturated carbocycles. The van der Waals surface area contributed by atoms with Crippen LogP contribution >= 0.6 is 0 Å². The van der Waals surface area contributed by atoms with E-state index in [1.54, 1.807) is 10.9 Å². The molecule has 0 bridgehead atoms. The van der Waals surface area contributed by atoms with E-state index < -0.39 is 0 Å². The minimum absolute atomic E-state index is 0.0578. The molecule has 1 aliphatic rings. The fourth-order valence-corrected chi connectivity index (χ4v) is 3.85. The van der Waals surface area contributed by atoms with Crippen molar-refractivity contribution in [3.63, 3.8) is 0 Å². The minimum Gasteiger partial charge on any atom is -0.365 e. The second-order valence-electron chi connectivity index (χ2n) is 7.54. The van der Waals surface area contributed by atoms with Gasteiger partial charge in [-0.3, -0.25) is 4.79 Å². The molecule has 8 nitrogen and oxygen atoms in total. The topological polar surface area (TPSA) is 88.8 Å². The zero-order valence-corrected chi connectivity index (χ0v) is 16.7. The lowest BCUT2D eigenvalue weighted by Crippen LogP contribution is -2.37. The molecule has 0 spiro atoms. The number of likely N-dealkylation sites (tertiary alicyclic amines) is 1. The van der Waals surface area contributed by atoms with Gasteiger partial charge in [0.15, 0.2) is 5.65 Å². The Morgan fingerprint density at radius 1 is 1.29 bits per heavy atom. The molecule has 1 amide bonds. The number of hydrogen-bond acceptors (Lipinski definition) is 6. The van der Waals surface area contributed by atoms with E-state index in [1.807, 2.05) is 44.0 Å². The molecule has 4 rings (SSSR count). The monoisotopic (exact) mass is 379 g/mol. The molecule has 8 heteroatoms. The summed E-state index contributed by atoms with van der Waals surface area (Å²) in [7, 11) is 0. The molecule has 1 aliphatic heterocycles. The van der Waals surface area contributed by atoms with Gasteiger partial charge in [-0.05, 0) is 46.2 Å². The Balaban J connectivity index is 1.47. The number of nitrogens with zero attached hydrogens (tertiary/aromatic N) is 6. The highest BCUT2D eigenvalue weighted by atomic mass is 16.2. The van der Waals surface area contributed by atoms with Crippen molar-refractivity contribution >= 4 is 22.8 Å². The largest absolute Gasteiger partial charge is 0.365 e. The molecular formula is C20H25N7O. The van der Waals surface area contributed by atoms with Gasteiger partial charge in [0, 0.05) is 42.0 Å². The molecule has 1 N–H and O–H groups in total. The second kappa shape index (κ2) is 7.18. The summed E-state index contributed by atoms with van der Waals surface area (Å²) < 4.78 is 1.71. The summed E-state index contributed by atoms with van der Waals surface area (Å²) in [6.45, 7) is 8.74. The second-order valence-corrected chi connectivity index (χ2v) is 7.54. The Morgan fingerprint density at radius 3 is 2.93 bits per heavy atom. The number of carbonyl (C=O) groups is 1. The van der Waals surface area contributed by atoms with Gasteiger partial charge in [-0.2, -0.15) is 5.10 Å². The van der Waals surface area contributed by atoms with Gasteiger partial charge in [0.2, 0.25) is 5.91 Å². The summed E-state index contributed by atoms with van der Waals surface area (Å²) in [5.41, 5.74) is 2.65. The third-order valence-corrected chi connectivity index (χ3v) is 5.30. The lowest BCUT2D eigenvalue weighted by Gasteiger charge is -2.21. The molecule has 28 heavy (non-hydrogen) atoms. The number of pyridine rings is 1. The van der Waals surface area contributed by atoms with Crippen molar-refractivity contribution in [1.82, 2.24) is 29.6 Å². The predicted molar refractivity (Wildman–Crippen MR) is 107 cm³/mol. The first-order chi connectivity index (χ1) is 13.4. The molecule has 4 heterocycles. The minimum atomic E-state index is 0.0578. The van der Waals surface area contributed by atoms with Crippen LogP contribution in [0, 0.1) is 20.8 Å². The lowest BCUT2D eigenvalue weighted by molar-refractivity contribution is -0.132. The van der Waals surface area contributed by atoms with E-state index >= 15 is 0 Å². The lowest BCUT2D eigenvalue weighted by atomic mass is 10.2. The maximum Gasteiger partial charge on any atom is 0.244 e. The fraction of sp³-hybridized carbons (Fsp3) is 0.450. The number of hydrogen-bond donors (Lipinski definition) is 1. The van der Waals surface area contributed by atoms with Gasteiger partial charge >= 0.3 is 0 Å². The molecule has 3 aromatic rings. The first kappa shape index (κ1) is 18.3. The average Bonchev–Trinajstić information content (AvgIpc) is 3.18. The van der Waals surface area contributed by atoms with Gasteiger partial charge in [-0.25, -0.2) is 19.6 Å². The van der Waals surface area contributed by atoms with Gasteiger partial charge in [0.25, 0.3) is 0 Å². The molecule has 1 fully saturated rings. The summed E-state index contributed by atoms with van der Waals surface area (Å²) in [6.07, 6.45) is 4.43. The fourth-order valence-electron chi connectivity index (χ4n) is 3.85. The van der Waals surface area contributed by atoms with Crippen molar-refractivity contribution in [3.8, 4) is 0 Å². The molecule has 0 radical (unpaired) electrons. The van der Waals surface area contributed by atoms with E-state index in [2.05, 4.69) is 32.3 Å². The Hall–Kier alpha value is -3.03. The molecule has 1 saturated heterocycles. The highest BCUT2D eigenvalue weighted by molar-refractivity contribution is 5.82. The molecule has 0 aromatic carbocycles. The normalized spacial score (nSPS) is 19.4. The van der Waals surface area contributed by atoms with E-state index in [9.17, 15) is 4.79 Å². The maximum absolute atomic E-state index is 13.0. The van der Waals surface area contributed by atoms with E-state index in [-0.39, 0.29) is 24.5 Å². The average molecular weight is 379 g/mol. The van der Waals surface area contributed by atoms with Gasteiger partial charge in [0.05, 0.1) is 5.69 Å². The third kappa shape index (κ3) is 3.42. The van der Waals surface area contributed by atoms with E-state index in [1.165, 1.54) is 0 Å². The van der Waals surface area contributed by atoms with Gasteiger partial charge in [0.1, 0.15) is 18.2 Å². The maximum atomic E-state index is 13.0. The Morgan fingerprint density at radius 2 is 2.11 bits per heavy atom. The van der Waals surface area contributed by atoms with Crippen LogP contribution in [0.15, 0.2) is 24.5 Å². The zero-order chi connectivity index (χ0) is 19.8. The Labute approximate surface area is 164 Å². The number of anilines is 1. The van der Waals surface area contributed by atoms with Crippen LogP contribution in [0.4, 0.5) is 5.82 Å². The predicted octanol–water partition coefficient (Wildman–Crippen LogP) is 2.25. The van der Waals surface area contributed by atoms with Crippen LogP contribution in [0.1, 0.15) is 30.4 Å². The smallest absolute Gasteiger partial charge is 0.244 e. The summed E-state index contributed by atoms with van der Waals surface area (Å²) >= 11 is 0. The third-order valence-electron chi connectivity index (χ3n) is 5.30. The number of carbonyl (C=O) groups excluding carboxylic acids is 1. The summed E-state index contributed by atoms with van der Waals surface area (Å²) in [4.78, 5) is 28.0. The quantitative estimate of drug-likeness (QED) is 0.748. The summed E-state index contributed by atoms with van der Waals surface area (Å²) in [5, 5.41) is 8.98. The highest BCUT2D eigenvalue weighted by Gasteiger charge is 2.33. The molecule has 3 aromatic heterocycles. The number of fused-ring (bicyclic) bond motifs is 1. The number of nitrogens with one attached hydrogen (secondary N) is 1. The van der Waals surface area contributed by atoms with Crippen LogP contribution in [0.5, 0.6) is 0 Å². The van der Waals surface area contributed by atoms with Crippen LogP contribution < -0.4 is 5.32 Å². The van der Waals surface area contributed by atoms with E-state index in [0.29, 0.717) is 6.54 Å².